The van der Waals surface area contributed by atoms with Crippen LogP contribution in [0.5, 0.6) is 11.5 Å². The van der Waals surface area contributed by atoms with Gasteiger partial charge < -0.3 is 14.6 Å². The normalized spacial score (nSPS) is 15.4. The van der Waals surface area contributed by atoms with Crippen molar-refractivity contribution < 1.29 is 14.6 Å². The third-order valence-corrected chi connectivity index (χ3v) is 3.02. The van der Waals surface area contributed by atoms with Gasteiger partial charge in [-0.25, -0.2) is 0 Å². The van der Waals surface area contributed by atoms with Crippen molar-refractivity contribution in [3.8, 4) is 17.6 Å². The fourth-order valence-electron chi connectivity index (χ4n) is 2.00. The van der Waals surface area contributed by atoms with Gasteiger partial charge in [-0.15, -0.1) is 0 Å². The second kappa shape index (κ2) is 4.82. The largest absolute Gasteiger partial charge is 0.495 e. The van der Waals surface area contributed by atoms with Gasteiger partial charge in [0.1, 0.15) is 11.5 Å². The average molecular weight is 254 g/mol. The van der Waals surface area contributed by atoms with Gasteiger partial charge in [0, 0.05) is 0 Å². The number of rotatable bonds is 2. The Morgan fingerprint density at radius 1 is 1.65 bits per heavy atom. The van der Waals surface area contributed by atoms with Gasteiger partial charge in [0.15, 0.2) is 6.10 Å². The Labute approximate surface area is 104 Å². The Hall–Kier alpha value is -1.44. The van der Waals surface area contributed by atoms with E-state index in [0.29, 0.717) is 28.7 Å². The predicted molar refractivity (Wildman–Crippen MR) is 62.4 cm³/mol. The van der Waals surface area contributed by atoms with Crippen LogP contribution in [0.3, 0.4) is 0 Å². The summed E-state index contributed by atoms with van der Waals surface area (Å²) in [5, 5.41) is 19.0. The molecule has 1 heterocycles. The van der Waals surface area contributed by atoms with Gasteiger partial charge in [0.25, 0.3) is 0 Å². The molecule has 1 aromatic carbocycles. The average Bonchev–Trinajstić information content (AvgIpc) is 2.36. The highest BCUT2D eigenvalue weighted by Gasteiger charge is 2.26. The molecule has 0 saturated carbocycles. The first-order valence-electron chi connectivity index (χ1n) is 5.28. The number of halogens is 1. The lowest BCUT2D eigenvalue weighted by molar-refractivity contribution is 0.213. The Balaban J connectivity index is 2.66. The van der Waals surface area contributed by atoms with Crippen molar-refractivity contribution in [2.45, 2.75) is 18.9 Å². The van der Waals surface area contributed by atoms with E-state index in [-0.39, 0.29) is 0 Å². The summed E-state index contributed by atoms with van der Waals surface area (Å²) in [7, 11) is 1.45. The number of nitrogens with zero attached hydrogens (tertiary/aromatic N) is 1. The van der Waals surface area contributed by atoms with Gasteiger partial charge in [-0.1, -0.05) is 11.6 Å². The highest BCUT2D eigenvalue weighted by molar-refractivity contribution is 6.32. The van der Waals surface area contributed by atoms with E-state index >= 15 is 0 Å². The maximum Gasteiger partial charge on any atom is 0.173 e. The van der Waals surface area contributed by atoms with Crippen LogP contribution in [0, 0.1) is 11.3 Å². The minimum Gasteiger partial charge on any atom is -0.495 e. The highest BCUT2D eigenvalue weighted by atomic mass is 35.5. The molecular weight excluding hydrogens is 242 g/mol. The number of aryl methyl sites for hydroxylation is 1. The quantitative estimate of drug-likeness (QED) is 0.821. The van der Waals surface area contributed by atoms with Gasteiger partial charge in [0.2, 0.25) is 0 Å². The Morgan fingerprint density at radius 3 is 3.06 bits per heavy atom. The number of nitriles is 1. The molecule has 0 fully saturated rings. The first-order valence-corrected chi connectivity index (χ1v) is 5.66. The third kappa shape index (κ3) is 2.04. The minimum absolute atomic E-state index is 0.307. The van der Waals surface area contributed by atoms with Gasteiger partial charge >= 0.3 is 0 Å². The van der Waals surface area contributed by atoms with Gasteiger partial charge in [-0.05, 0) is 24.5 Å². The maximum atomic E-state index is 9.74. The Bertz CT molecular complexity index is 482. The van der Waals surface area contributed by atoms with Crippen molar-refractivity contribution in [1.82, 2.24) is 0 Å². The molecule has 0 spiro atoms. The second-order valence-corrected chi connectivity index (χ2v) is 4.18. The van der Waals surface area contributed by atoms with E-state index in [2.05, 4.69) is 0 Å². The van der Waals surface area contributed by atoms with Gasteiger partial charge in [-0.3, -0.25) is 0 Å². The molecule has 1 unspecified atom stereocenters. The fraction of sp³-hybridized carbons (Fsp3) is 0.417. The van der Waals surface area contributed by atoms with Crippen LogP contribution in [-0.4, -0.2) is 18.8 Å². The summed E-state index contributed by atoms with van der Waals surface area (Å²) in [4.78, 5) is 0. The standard InChI is InChI=1S/C12H12ClNO3/c1-16-12-8(13)5-7-3-2-4-17-11(7)10(12)9(15)6-14/h5,9,15H,2-4H2,1H3. The SMILES string of the molecule is COc1c(Cl)cc2c(c1C(O)C#N)OCCC2. The van der Waals surface area contributed by atoms with E-state index in [4.69, 9.17) is 26.3 Å². The number of ether oxygens (including phenoxy) is 2. The molecule has 1 aromatic rings. The van der Waals surface area contributed by atoms with Crippen molar-refractivity contribution in [2.75, 3.05) is 13.7 Å². The van der Waals surface area contributed by atoms with Crippen LogP contribution in [0.1, 0.15) is 23.7 Å². The zero-order valence-corrected chi connectivity index (χ0v) is 10.1. The number of aliphatic hydroxyl groups is 1. The molecule has 0 bridgehead atoms. The van der Waals surface area contributed by atoms with Gasteiger partial charge in [-0.2, -0.15) is 5.26 Å². The smallest absolute Gasteiger partial charge is 0.173 e. The molecule has 1 atom stereocenters. The number of methoxy groups -OCH3 is 1. The zero-order chi connectivity index (χ0) is 12.4. The van der Waals surface area contributed by atoms with Crippen molar-refractivity contribution in [3.05, 3.63) is 22.2 Å². The van der Waals surface area contributed by atoms with Crippen LogP contribution in [0.25, 0.3) is 0 Å². The minimum atomic E-state index is -1.30. The van der Waals surface area contributed by atoms with Crippen LogP contribution in [0.4, 0.5) is 0 Å². The second-order valence-electron chi connectivity index (χ2n) is 3.78. The van der Waals surface area contributed by atoms with Crippen molar-refractivity contribution in [2.24, 2.45) is 0 Å². The molecule has 90 valence electrons. The van der Waals surface area contributed by atoms with E-state index in [1.165, 1.54) is 7.11 Å². The number of aliphatic hydroxyl groups excluding tert-OH is 1. The van der Waals surface area contributed by atoms with E-state index in [9.17, 15) is 5.11 Å². The summed E-state index contributed by atoms with van der Waals surface area (Å²) in [5.74, 6) is 0.841. The van der Waals surface area contributed by atoms with Crippen LogP contribution in [0.15, 0.2) is 6.07 Å². The highest BCUT2D eigenvalue weighted by Crippen LogP contribution is 2.43. The summed E-state index contributed by atoms with van der Waals surface area (Å²) in [6.45, 7) is 0.572. The molecule has 4 nitrogen and oxygen atoms in total. The lowest BCUT2D eigenvalue weighted by atomic mass is 9.98. The van der Waals surface area contributed by atoms with E-state index in [0.717, 1.165) is 18.4 Å². The zero-order valence-electron chi connectivity index (χ0n) is 9.36. The molecule has 0 aromatic heterocycles. The van der Waals surface area contributed by atoms with Crippen LogP contribution < -0.4 is 9.47 Å². The molecule has 0 amide bonds. The van der Waals surface area contributed by atoms with Crippen LogP contribution in [0.2, 0.25) is 5.02 Å². The lowest BCUT2D eigenvalue weighted by Crippen LogP contribution is -2.13. The van der Waals surface area contributed by atoms with Crippen LogP contribution in [-0.2, 0) is 6.42 Å². The summed E-state index contributed by atoms with van der Waals surface area (Å²) < 4.78 is 10.7. The van der Waals surface area contributed by atoms with Crippen molar-refractivity contribution >= 4 is 11.6 Å². The summed E-state index contributed by atoms with van der Waals surface area (Å²) in [6, 6.07) is 3.54. The fourth-order valence-corrected chi connectivity index (χ4v) is 2.31. The first-order chi connectivity index (χ1) is 8.19. The molecule has 0 saturated heterocycles. The summed E-state index contributed by atoms with van der Waals surface area (Å²) in [6.07, 6.45) is 0.428. The number of fused-ring (bicyclic) bond motifs is 1. The van der Waals surface area contributed by atoms with E-state index in [1.54, 1.807) is 12.1 Å². The lowest BCUT2D eigenvalue weighted by Gasteiger charge is -2.23. The summed E-state index contributed by atoms with van der Waals surface area (Å²) >= 11 is 6.07. The molecule has 5 heteroatoms. The molecule has 17 heavy (non-hydrogen) atoms. The molecule has 0 aliphatic carbocycles. The number of hydrogen-bond donors (Lipinski definition) is 1. The topological polar surface area (TPSA) is 62.5 Å². The van der Waals surface area contributed by atoms with Crippen LogP contribution >= 0.6 is 11.6 Å². The van der Waals surface area contributed by atoms with Crippen molar-refractivity contribution in [3.63, 3.8) is 0 Å². The monoisotopic (exact) mass is 253 g/mol. The molecule has 1 aliphatic heterocycles. The number of benzene rings is 1. The molecular formula is C12H12ClNO3. The van der Waals surface area contributed by atoms with Gasteiger partial charge in [0.05, 0.1) is 30.4 Å². The van der Waals surface area contributed by atoms with E-state index in [1.807, 2.05) is 0 Å². The predicted octanol–water partition coefficient (Wildman–Crippen LogP) is 2.23. The number of hydrogen-bond acceptors (Lipinski definition) is 4. The maximum absolute atomic E-state index is 9.74. The van der Waals surface area contributed by atoms with E-state index < -0.39 is 6.10 Å². The Morgan fingerprint density at radius 2 is 2.41 bits per heavy atom. The molecule has 1 aliphatic rings. The Kier molecular flexibility index (Phi) is 3.41. The molecule has 1 N–H and O–H groups in total. The molecule has 2 rings (SSSR count). The summed E-state index contributed by atoms with van der Waals surface area (Å²) in [5.41, 5.74) is 1.24. The van der Waals surface area contributed by atoms with Crippen molar-refractivity contribution in [1.29, 1.82) is 5.26 Å². The third-order valence-electron chi connectivity index (χ3n) is 2.74. The molecule has 0 radical (unpaired) electrons. The first kappa shape index (κ1) is 12.0.